The summed E-state index contributed by atoms with van der Waals surface area (Å²) in [5, 5.41) is 6.69. The van der Waals surface area contributed by atoms with E-state index in [1.165, 1.54) is 25.7 Å². The maximum atomic E-state index is 11.4. The van der Waals surface area contributed by atoms with Crippen molar-refractivity contribution in [3.63, 3.8) is 0 Å². The lowest BCUT2D eigenvalue weighted by Gasteiger charge is -2.17. The van der Waals surface area contributed by atoms with Gasteiger partial charge in [-0.2, -0.15) is 0 Å². The molecule has 1 saturated carbocycles. The summed E-state index contributed by atoms with van der Waals surface area (Å²) in [6.45, 7) is 3.49. The fraction of sp³-hybridized carbons (Fsp3) is 0.923. The van der Waals surface area contributed by atoms with Crippen LogP contribution >= 0.6 is 24.0 Å². The Morgan fingerprint density at radius 1 is 1.25 bits per heavy atom. The predicted molar refractivity (Wildman–Crippen MR) is 93.5 cm³/mol. The molecular formula is C13H26IN3O2S. The van der Waals surface area contributed by atoms with Gasteiger partial charge in [-0.1, -0.05) is 12.8 Å². The lowest BCUT2D eigenvalue weighted by Crippen LogP contribution is -2.42. The molecule has 1 heterocycles. The summed E-state index contributed by atoms with van der Waals surface area (Å²) in [6.07, 6.45) is 5.76. The van der Waals surface area contributed by atoms with Gasteiger partial charge >= 0.3 is 0 Å². The Morgan fingerprint density at radius 3 is 2.50 bits per heavy atom. The Balaban J connectivity index is 0.00000200. The van der Waals surface area contributed by atoms with Crippen molar-refractivity contribution in [1.29, 1.82) is 0 Å². The number of hydrogen-bond donors (Lipinski definition) is 2. The van der Waals surface area contributed by atoms with E-state index in [1.54, 1.807) is 0 Å². The second-order valence-electron chi connectivity index (χ2n) is 5.61. The van der Waals surface area contributed by atoms with Gasteiger partial charge in [0.05, 0.1) is 11.5 Å². The van der Waals surface area contributed by atoms with Crippen LogP contribution in [0.25, 0.3) is 0 Å². The van der Waals surface area contributed by atoms with E-state index in [4.69, 9.17) is 0 Å². The number of sulfone groups is 1. The molecule has 2 N–H and O–H groups in total. The van der Waals surface area contributed by atoms with Crippen molar-refractivity contribution >= 4 is 39.8 Å². The van der Waals surface area contributed by atoms with Crippen molar-refractivity contribution in [2.75, 3.05) is 24.6 Å². The molecule has 20 heavy (non-hydrogen) atoms. The summed E-state index contributed by atoms with van der Waals surface area (Å²) in [5.74, 6) is 1.68. The summed E-state index contributed by atoms with van der Waals surface area (Å²) in [7, 11) is -2.79. The highest BCUT2D eigenvalue weighted by Gasteiger charge is 2.27. The highest BCUT2D eigenvalue weighted by atomic mass is 127. The average molecular weight is 415 g/mol. The Hall–Kier alpha value is -0.0500. The second-order valence-corrected chi connectivity index (χ2v) is 7.84. The van der Waals surface area contributed by atoms with E-state index in [9.17, 15) is 8.42 Å². The van der Waals surface area contributed by atoms with Crippen LogP contribution in [0.3, 0.4) is 0 Å². The SMILES string of the molecule is CCNC(=NCC1CCS(=O)(=O)C1)NC1CCCC1.I. The topological polar surface area (TPSA) is 70.6 Å². The molecule has 2 aliphatic rings. The van der Waals surface area contributed by atoms with E-state index in [-0.39, 0.29) is 29.9 Å². The molecule has 5 nitrogen and oxygen atoms in total. The summed E-state index contributed by atoms with van der Waals surface area (Å²) in [5.41, 5.74) is 0. The molecule has 0 aromatic rings. The molecular weight excluding hydrogens is 389 g/mol. The Kier molecular flexibility index (Phi) is 7.57. The Bertz CT molecular complexity index is 419. The lowest BCUT2D eigenvalue weighted by atomic mass is 10.1. The quantitative estimate of drug-likeness (QED) is 0.415. The maximum absolute atomic E-state index is 11.4. The van der Waals surface area contributed by atoms with Crippen LogP contribution in [0, 0.1) is 5.92 Å². The molecule has 7 heteroatoms. The van der Waals surface area contributed by atoms with Crippen LogP contribution < -0.4 is 10.6 Å². The summed E-state index contributed by atoms with van der Waals surface area (Å²) in [6, 6.07) is 0.533. The molecule has 0 aromatic carbocycles. The van der Waals surface area contributed by atoms with Gasteiger partial charge in [-0.3, -0.25) is 4.99 Å². The first-order chi connectivity index (χ1) is 9.09. The third-order valence-electron chi connectivity index (χ3n) is 3.87. The molecule has 2 fully saturated rings. The molecule has 118 valence electrons. The van der Waals surface area contributed by atoms with Gasteiger partial charge in [-0.05, 0) is 32.1 Å². The standard InChI is InChI=1S/C13H25N3O2S.HI/c1-2-14-13(16-12-5-3-4-6-12)15-9-11-7-8-19(17,18)10-11;/h11-12H,2-10H2,1H3,(H2,14,15,16);1H. The van der Waals surface area contributed by atoms with Crippen molar-refractivity contribution in [3.05, 3.63) is 0 Å². The molecule has 1 saturated heterocycles. The van der Waals surface area contributed by atoms with Gasteiger partial charge in [0.15, 0.2) is 15.8 Å². The minimum Gasteiger partial charge on any atom is -0.357 e. The molecule has 2 rings (SSSR count). The highest BCUT2D eigenvalue weighted by molar-refractivity contribution is 14.0. The first kappa shape index (κ1) is 18.0. The van der Waals surface area contributed by atoms with E-state index in [1.807, 2.05) is 6.92 Å². The second kappa shape index (κ2) is 8.41. The minimum atomic E-state index is -2.79. The zero-order valence-corrected chi connectivity index (χ0v) is 15.2. The van der Waals surface area contributed by atoms with E-state index in [2.05, 4.69) is 15.6 Å². The first-order valence-corrected chi connectivity index (χ1v) is 9.16. The number of nitrogens with zero attached hydrogens (tertiary/aromatic N) is 1. The van der Waals surface area contributed by atoms with Crippen LogP contribution in [-0.2, 0) is 9.84 Å². The predicted octanol–water partition coefficient (Wildman–Crippen LogP) is 1.54. The smallest absolute Gasteiger partial charge is 0.191 e. The summed E-state index contributed by atoms with van der Waals surface area (Å²) in [4.78, 5) is 4.55. The molecule has 1 aliphatic carbocycles. The van der Waals surface area contributed by atoms with Crippen LogP contribution in [0.5, 0.6) is 0 Å². The maximum Gasteiger partial charge on any atom is 0.191 e. The Labute approximate surface area is 139 Å². The monoisotopic (exact) mass is 415 g/mol. The van der Waals surface area contributed by atoms with E-state index < -0.39 is 9.84 Å². The third-order valence-corrected chi connectivity index (χ3v) is 5.71. The van der Waals surface area contributed by atoms with Crippen LogP contribution in [0.4, 0.5) is 0 Å². The van der Waals surface area contributed by atoms with Crippen molar-refractivity contribution in [1.82, 2.24) is 10.6 Å². The van der Waals surface area contributed by atoms with E-state index in [0.717, 1.165) is 18.9 Å². The normalized spacial score (nSPS) is 26.2. The molecule has 1 unspecified atom stereocenters. The number of guanidine groups is 1. The zero-order valence-electron chi connectivity index (χ0n) is 12.1. The van der Waals surface area contributed by atoms with Crippen LogP contribution in [0.1, 0.15) is 39.0 Å². The van der Waals surface area contributed by atoms with Crippen molar-refractivity contribution in [2.45, 2.75) is 45.1 Å². The molecule has 1 aliphatic heterocycles. The number of rotatable bonds is 4. The average Bonchev–Trinajstić information content (AvgIpc) is 2.96. The van der Waals surface area contributed by atoms with Gasteiger partial charge in [0.1, 0.15) is 0 Å². The zero-order chi connectivity index (χ0) is 13.7. The van der Waals surface area contributed by atoms with Gasteiger partial charge in [-0.15, -0.1) is 24.0 Å². The van der Waals surface area contributed by atoms with Gasteiger partial charge in [-0.25, -0.2) is 8.42 Å². The molecule has 1 atom stereocenters. The van der Waals surface area contributed by atoms with Gasteiger partial charge in [0, 0.05) is 19.1 Å². The number of hydrogen-bond acceptors (Lipinski definition) is 3. The minimum absolute atomic E-state index is 0. The first-order valence-electron chi connectivity index (χ1n) is 7.34. The van der Waals surface area contributed by atoms with Crippen LogP contribution in [0.15, 0.2) is 4.99 Å². The highest BCUT2D eigenvalue weighted by Crippen LogP contribution is 2.19. The van der Waals surface area contributed by atoms with Crippen molar-refractivity contribution in [2.24, 2.45) is 10.9 Å². The summed E-state index contributed by atoms with van der Waals surface area (Å²) < 4.78 is 22.8. The number of nitrogens with one attached hydrogen (secondary N) is 2. The molecule has 0 bridgehead atoms. The van der Waals surface area contributed by atoms with Gasteiger partial charge < -0.3 is 10.6 Å². The van der Waals surface area contributed by atoms with Gasteiger partial charge in [0.2, 0.25) is 0 Å². The van der Waals surface area contributed by atoms with Gasteiger partial charge in [0.25, 0.3) is 0 Å². The van der Waals surface area contributed by atoms with Crippen molar-refractivity contribution < 1.29 is 8.42 Å². The van der Waals surface area contributed by atoms with Crippen molar-refractivity contribution in [3.8, 4) is 0 Å². The fourth-order valence-electron chi connectivity index (χ4n) is 2.82. The molecule has 0 amide bonds. The third kappa shape index (κ3) is 5.75. The van der Waals surface area contributed by atoms with Crippen LogP contribution in [0.2, 0.25) is 0 Å². The fourth-order valence-corrected chi connectivity index (χ4v) is 4.67. The number of halogens is 1. The molecule has 0 spiro atoms. The van der Waals surface area contributed by atoms with E-state index >= 15 is 0 Å². The van der Waals surface area contributed by atoms with Crippen LogP contribution in [-0.4, -0.2) is 45.0 Å². The van der Waals surface area contributed by atoms with E-state index in [0.29, 0.717) is 24.1 Å². The molecule has 0 radical (unpaired) electrons. The largest absolute Gasteiger partial charge is 0.357 e. The molecule has 0 aromatic heterocycles. The Morgan fingerprint density at radius 2 is 1.95 bits per heavy atom. The number of aliphatic imine (C=N–C) groups is 1. The summed E-state index contributed by atoms with van der Waals surface area (Å²) >= 11 is 0. The lowest BCUT2D eigenvalue weighted by molar-refractivity contribution is 0.582.